The Balaban J connectivity index is 2.23. The van der Waals surface area contributed by atoms with Crippen molar-refractivity contribution < 1.29 is 4.79 Å². The fourth-order valence-electron chi connectivity index (χ4n) is 1.73. The first-order valence-electron chi connectivity index (χ1n) is 4.18. The highest BCUT2D eigenvalue weighted by Crippen LogP contribution is 2.34. The summed E-state index contributed by atoms with van der Waals surface area (Å²) >= 11 is 0. The minimum Gasteiger partial charge on any atom is -0.300 e. The third-order valence-electron chi connectivity index (χ3n) is 2.44. The van der Waals surface area contributed by atoms with Crippen LogP contribution >= 0.6 is 0 Å². The molecule has 0 atom stereocenters. The van der Waals surface area contributed by atoms with E-state index in [0.717, 1.165) is 5.69 Å². The highest BCUT2D eigenvalue weighted by Gasteiger charge is 2.29. The maximum absolute atomic E-state index is 10.8. The van der Waals surface area contributed by atoms with Gasteiger partial charge in [0.2, 0.25) is 0 Å². The van der Waals surface area contributed by atoms with Gasteiger partial charge in [-0.3, -0.25) is 9.48 Å². The van der Waals surface area contributed by atoms with Gasteiger partial charge in [-0.15, -0.1) is 0 Å². The molecule has 0 amide bonds. The van der Waals surface area contributed by atoms with Crippen LogP contribution in [0.3, 0.4) is 0 Å². The summed E-state index contributed by atoms with van der Waals surface area (Å²) < 4.78 is 1.81. The van der Waals surface area contributed by atoms with E-state index < -0.39 is 0 Å². The Morgan fingerprint density at radius 2 is 2.25 bits per heavy atom. The van der Waals surface area contributed by atoms with Gasteiger partial charge in [-0.2, -0.15) is 5.10 Å². The van der Waals surface area contributed by atoms with E-state index in [0.29, 0.717) is 24.5 Å². The fraction of sp³-hybridized carbons (Fsp3) is 0.556. The van der Waals surface area contributed by atoms with Gasteiger partial charge in [0, 0.05) is 32.0 Å². The predicted octanol–water partition coefficient (Wildman–Crippen LogP) is 1.18. The quantitative estimate of drug-likeness (QED) is 0.624. The number of rotatable bonds is 1. The molecule has 3 heteroatoms. The minimum atomic E-state index is 0.378. The summed E-state index contributed by atoms with van der Waals surface area (Å²) in [5.41, 5.74) is 2.31. The number of aryl methyl sites for hydroxylation is 2. The summed E-state index contributed by atoms with van der Waals surface area (Å²) in [7, 11) is 1.91. The van der Waals surface area contributed by atoms with E-state index in [1.807, 2.05) is 24.9 Å². The Morgan fingerprint density at radius 1 is 1.58 bits per heavy atom. The Morgan fingerprint density at radius 3 is 2.67 bits per heavy atom. The molecule has 1 saturated carbocycles. The average molecular weight is 164 g/mol. The topological polar surface area (TPSA) is 34.9 Å². The van der Waals surface area contributed by atoms with E-state index in [1.54, 1.807) is 0 Å². The second-order valence-corrected chi connectivity index (χ2v) is 3.49. The van der Waals surface area contributed by atoms with E-state index >= 15 is 0 Å². The van der Waals surface area contributed by atoms with Gasteiger partial charge in [0.25, 0.3) is 0 Å². The van der Waals surface area contributed by atoms with Crippen molar-refractivity contribution in [2.24, 2.45) is 7.05 Å². The molecule has 1 aromatic rings. The average Bonchev–Trinajstić information content (AvgIpc) is 2.23. The molecule has 0 spiro atoms. The van der Waals surface area contributed by atoms with E-state index in [-0.39, 0.29) is 0 Å². The summed E-state index contributed by atoms with van der Waals surface area (Å²) in [6, 6.07) is 0. The van der Waals surface area contributed by atoms with Crippen LogP contribution in [0.4, 0.5) is 0 Å². The summed E-state index contributed by atoms with van der Waals surface area (Å²) in [5, 5.41) is 4.24. The molecule has 0 saturated heterocycles. The van der Waals surface area contributed by atoms with Gasteiger partial charge in [-0.25, -0.2) is 0 Å². The summed E-state index contributed by atoms with van der Waals surface area (Å²) in [4.78, 5) is 10.8. The zero-order chi connectivity index (χ0) is 8.72. The highest BCUT2D eigenvalue weighted by atomic mass is 16.1. The SMILES string of the molecule is Cc1nn(C)cc1C1CC(=O)C1. The van der Waals surface area contributed by atoms with Crippen LogP contribution in [0, 0.1) is 6.92 Å². The zero-order valence-electron chi connectivity index (χ0n) is 7.37. The van der Waals surface area contributed by atoms with Crippen LogP contribution in [0.2, 0.25) is 0 Å². The molecular weight excluding hydrogens is 152 g/mol. The van der Waals surface area contributed by atoms with Crippen molar-refractivity contribution in [1.82, 2.24) is 9.78 Å². The van der Waals surface area contributed by atoms with Crippen molar-refractivity contribution in [1.29, 1.82) is 0 Å². The molecule has 1 aromatic heterocycles. The molecule has 0 unspecified atom stereocenters. The standard InChI is InChI=1S/C9H12N2O/c1-6-9(5-11(2)10-6)7-3-8(12)4-7/h5,7H,3-4H2,1-2H3. The third-order valence-corrected chi connectivity index (χ3v) is 2.44. The molecular formula is C9H12N2O. The summed E-state index contributed by atoms with van der Waals surface area (Å²) in [6.07, 6.45) is 3.45. The summed E-state index contributed by atoms with van der Waals surface area (Å²) in [6.45, 7) is 2.00. The Hall–Kier alpha value is -1.12. The first kappa shape index (κ1) is 7.53. The second-order valence-electron chi connectivity index (χ2n) is 3.49. The molecule has 12 heavy (non-hydrogen) atoms. The van der Waals surface area contributed by atoms with E-state index in [4.69, 9.17) is 0 Å². The molecule has 0 bridgehead atoms. The maximum Gasteiger partial charge on any atom is 0.134 e. The smallest absolute Gasteiger partial charge is 0.134 e. The number of nitrogens with zero attached hydrogens (tertiary/aromatic N) is 2. The van der Waals surface area contributed by atoms with Gasteiger partial charge < -0.3 is 0 Å². The fourth-order valence-corrected chi connectivity index (χ4v) is 1.73. The molecule has 3 nitrogen and oxygen atoms in total. The lowest BCUT2D eigenvalue weighted by Gasteiger charge is -2.23. The van der Waals surface area contributed by atoms with Crippen molar-refractivity contribution in [3.05, 3.63) is 17.5 Å². The first-order valence-corrected chi connectivity index (χ1v) is 4.18. The third kappa shape index (κ3) is 1.05. The molecule has 64 valence electrons. The summed E-state index contributed by atoms with van der Waals surface area (Å²) in [5.74, 6) is 0.828. The number of hydrogen-bond acceptors (Lipinski definition) is 2. The van der Waals surface area contributed by atoms with Crippen LogP contribution in [0.5, 0.6) is 0 Å². The van der Waals surface area contributed by atoms with Gasteiger partial charge in [-0.05, 0) is 12.5 Å². The number of ketones is 1. The first-order chi connectivity index (χ1) is 5.66. The lowest BCUT2D eigenvalue weighted by atomic mass is 9.79. The zero-order valence-corrected chi connectivity index (χ0v) is 7.37. The second kappa shape index (κ2) is 2.44. The minimum absolute atomic E-state index is 0.378. The van der Waals surface area contributed by atoms with Gasteiger partial charge in [0.05, 0.1) is 5.69 Å². The molecule has 0 aromatic carbocycles. The van der Waals surface area contributed by atoms with Gasteiger partial charge in [-0.1, -0.05) is 0 Å². The molecule has 0 aliphatic heterocycles. The van der Waals surface area contributed by atoms with E-state index in [9.17, 15) is 4.79 Å². The molecule has 0 radical (unpaired) electrons. The van der Waals surface area contributed by atoms with E-state index in [2.05, 4.69) is 5.10 Å². The number of carbonyl (C=O) groups is 1. The van der Waals surface area contributed by atoms with Crippen LogP contribution in [-0.2, 0) is 11.8 Å². The molecule has 1 aliphatic carbocycles. The van der Waals surface area contributed by atoms with Gasteiger partial charge in [0.15, 0.2) is 0 Å². The van der Waals surface area contributed by atoms with Crippen LogP contribution in [0.1, 0.15) is 30.0 Å². The molecule has 2 rings (SSSR count). The van der Waals surface area contributed by atoms with Crippen molar-refractivity contribution in [2.75, 3.05) is 0 Å². The molecule has 1 heterocycles. The number of carbonyl (C=O) groups excluding carboxylic acids is 1. The maximum atomic E-state index is 10.8. The Bertz CT molecular complexity index is 319. The van der Waals surface area contributed by atoms with Crippen molar-refractivity contribution in [3.63, 3.8) is 0 Å². The Labute approximate surface area is 71.4 Å². The highest BCUT2D eigenvalue weighted by molar-refractivity contribution is 5.86. The molecule has 0 N–H and O–H groups in total. The number of Topliss-reactive ketones (excluding diaryl/α,β-unsaturated/α-hetero) is 1. The molecule has 1 aliphatic rings. The van der Waals surface area contributed by atoms with E-state index in [1.165, 1.54) is 5.56 Å². The van der Waals surface area contributed by atoms with Gasteiger partial charge >= 0.3 is 0 Å². The lowest BCUT2D eigenvalue weighted by molar-refractivity contribution is -0.124. The van der Waals surface area contributed by atoms with Crippen molar-refractivity contribution in [2.45, 2.75) is 25.7 Å². The van der Waals surface area contributed by atoms with Crippen LogP contribution < -0.4 is 0 Å². The number of hydrogen-bond donors (Lipinski definition) is 0. The van der Waals surface area contributed by atoms with Crippen LogP contribution in [0.25, 0.3) is 0 Å². The van der Waals surface area contributed by atoms with Crippen LogP contribution in [0.15, 0.2) is 6.20 Å². The molecule has 1 fully saturated rings. The monoisotopic (exact) mass is 164 g/mol. The van der Waals surface area contributed by atoms with Crippen molar-refractivity contribution >= 4 is 5.78 Å². The van der Waals surface area contributed by atoms with Gasteiger partial charge in [0.1, 0.15) is 5.78 Å². The van der Waals surface area contributed by atoms with Crippen LogP contribution in [-0.4, -0.2) is 15.6 Å². The normalized spacial score (nSPS) is 18.0. The number of aromatic nitrogens is 2. The Kier molecular flexibility index (Phi) is 1.53. The van der Waals surface area contributed by atoms with Crippen molar-refractivity contribution in [3.8, 4) is 0 Å². The largest absolute Gasteiger partial charge is 0.300 e. The predicted molar refractivity (Wildman–Crippen MR) is 44.9 cm³/mol. The lowest BCUT2D eigenvalue weighted by Crippen LogP contribution is -2.21.